The van der Waals surface area contributed by atoms with Crippen LogP contribution < -0.4 is 10.9 Å². The Morgan fingerprint density at radius 2 is 2.50 bits per heavy atom. The first-order valence-corrected chi connectivity index (χ1v) is 4.60. The van der Waals surface area contributed by atoms with E-state index in [9.17, 15) is 4.79 Å². The summed E-state index contributed by atoms with van der Waals surface area (Å²) >= 11 is 5.72. The van der Waals surface area contributed by atoms with Crippen LogP contribution in [0.15, 0.2) is 23.3 Å². The highest BCUT2D eigenvalue weighted by Gasteiger charge is 2.03. The lowest BCUT2D eigenvalue weighted by Crippen LogP contribution is -2.12. The van der Waals surface area contributed by atoms with Gasteiger partial charge < -0.3 is 10.3 Å². The van der Waals surface area contributed by atoms with Gasteiger partial charge in [-0.2, -0.15) is 0 Å². The molecular weight excluding hydrogens is 202 g/mol. The number of H-pyrrole nitrogens is 1. The number of hydrogen-bond acceptors (Lipinski definition) is 3. The maximum absolute atomic E-state index is 11.1. The van der Waals surface area contributed by atoms with Gasteiger partial charge in [-0.3, -0.25) is 4.79 Å². The molecule has 0 aromatic carbocycles. The lowest BCUT2D eigenvalue weighted by atomic mass is 10.2. The zero-order valence-electron chi connectivity index (χ0n) is 7.93. The van der Waals surface area contributed by atoms with Gasteiger partial charge >= 0.3 is 0 Å². The minimum absolute atomic E-state index is 0.0919. The van der Waals surface area contributed by atoms with E-state index < -0.39 is 0 Å². The average Bonchev–Trinajstić information content (AvgIpc) is 2.12. The average molecular weight is 214 g/mol. The van der Waals surface area contributed by atoms with Gasteiger partial charge in [0, 0.05) is 6.54 Å². The molecule has 0 radical (unpaired) electrons. The van der Waals surface area contributed by atoms with Crippen LogP contribution in [-0.4, -0.2) is 16.5 Å². The van der Waals surface area contributed by atoms with Gasteiger partial charge in [0.15, 0.2) is 5.82 Å². The third-order valence-electron chi connectivity index (χ3n) is 1.64. The number of nitrogens with one attached hydrogen (secondary N) is 2. The Morgan fingerprint density at radius 1 is 1.79 bits per heavy atom. The van der Waals surface area contributed by atoms with Gasteiger partial charge in [0.1, 0.15) is 5.02 Å². The van der Waals surface area contributed by atoms with Crippen molar-refractivity contribution in [2.75, 3.05) is 11.9 Å². The number of aromatic nitrogens is 2. The van der Waals surface area contributed by atoms with Crippen LogP contribution in [0.2, 0.25) is 5.02 Å². The van der Waals surface area contributed by atoms with Crippen molar-refractivity contribution in [1.29, 1.82) is 0 Å². The molecule has 0 aliphatic heterocycles. The summed E-state index contributed by atoms with van der Waals surface area (Å²) in [5.41, 5.74) is 0.734. The van der Waals surface area contributed by atoms with Crippen molar-refractivity contribution in [2.24, 2.45) is 0 Å². The number of anilines is 1. The molecule has 0 unspecified atom stereocenters. The molecule has 5 heteroatoms. The van der Waals surface area contributed by atoms with E-state index in [1.165, 1.54) is 6.33 Å². The fourth-order valence-electron chi connectivity index (χ4n) is 0.901. The van der Waals surface area contributed by atoms with Crippen LogP contribution in [0.25, 0.3) is 0 Å². The van der Waals surface area contributed by atoms with Gasteiger partial charge in [0.25, 0.3) is 5.56 Å². The molecule has 4 nitrogen and oxygen atoms in total. The summed E-state index contributed by atoms with van der Waals surface area (Å²) < 4.78 is 0. The van der Waals surface area contributed by atoms with E-state index in [2.05, 4.69) is 21.9 Å². The van der Waals surface area contributed by atoms with Crippen LogP contribution in [0.4, 0.5) is 5.82 Å². The molecule has 0 atom stereocenters. The first kappa shape index (κ1) is 10.8. The molecule has 0 bridgehead atoms. The predicted octanol–water partition coefficient (Wildman–Crippen LogP) is 1.80. The van der Waals surface area contributed by atoms with Crippen molar-refractivity contribution in [3.8, 4) is 0 Å². The van der Waals surface area contributed by atoms with E-state index >= 15 is 0 Å². The Bertz CT molecular complexity index is 386. The highest BCUT2D eigenvalue weighted by Crippen LogP contribution is 2.12. The smallest absolute Gasteiger partial charge is 0.271 e. The molecule has 0 amide bonds. The van der Waals surface area contributed by atoms with E-state index in [-0.39, 0.29) is 10.6 Å². The first-order chi connectivity index (χ1) is 6.61. The fraction of sp³-hybridized carbons (Fsp3) is 0.333. The zero-order chi connectivity index (χ0) is 10.6. The largest absolute Gasteiger partial charge is 0.368 e. The van der Waals surface area contributed by atoms with E-state index in [0.29, 0.717) is 12.4 Å². The van der Waals surface area contributed by atoms with Crippen LogP contribution >= 0.6 is 11.6 Å². The SMILES string of the molecule is C=C(C)CCNc1nc[nH]c(=O)c1Cl. The third-order valence-corrected chi connectivity index (χ3v) is 1.99. The predicted molar refractivity (Wildman–Crippen MR) is 57.8 cm³/mol. The van der Waals surface area contributed by atoms with Gasteiger partial charge in [-0.1, -0.05) is 17.2 Å². The van der Waals surface area contributed by atoms with E-state index in [0.717, 1.165) is 12.0 Å². The van der Waals surface area contributed by atoms with Crippen LogP contribution in [0.5, 0.6) is 0 Å². The highest BCUT2D eigenvalue weighted by molar-refractivity contribution is 6.32. The Hall–Kier alpha value is -1.29. The summed E-state index contributed by atoms with van der Waals surface area (Å²) in [6.45, 7) is 6.38. The second-order valence-electron chi connectivity index (χ2n) is 3.03. The minimum atomic E-state index is -0.334. The van der Waals surface area contributed by atoms with Crippen molar-refractivity contribution < 1.29 is 0 Å². The molecule has 1 aromatic heterocycles. The fourth-order valence-corrected chi connectivity index (χ4v) is 1.07. The highest BCUT2D eigenvalue weighted by atomic mass is 35.5. The second kappa shape index (κ2) is 4.81. The van der Waals surface area contributed by atoms with Crippen molar-refractivity contribution in [2.45, 2.75) is 13.3 Å². The van der Waals surface area contributed by atoms with Crippen molar-refractivity contribution in [3.05, 3.63) is 33.9 Å². The van der Waals surface area contributed by atoms with Crippen molar-refractivity contribution in [3.63, 3.8) is 0 Å². The number of rotatable bonds is 4. The van der Waals surface area contributed by atoms with Gasteiger partial charge in [0.2, 0.25) is 0 Å². The molecule has 76 valence electrons. The summed E-state index contributed by atoms with van der Waals surface area (Å²) in [7, 11) is 0. The monoisotopic (exact) mass is 213 g/mol. The lowest BCUT2D eigenvalue weighted by molar-refractivity contribution is 0.981. The van der Waals surface area contributed by atoms with Gasteiger partial charge in [-0.05, 0) is 13.3 Å². The summed E-state index contributed by atoms with van der Waals surface area (Å²) in [6.07, 6.45) is 2.14. The minimum Gasteiger partial charge on any atom is -0.368 e. The normalized spacial score (nSPS) is 9.86. The molecule has 0 fully saturated rings. The summed E-state index contributed by atoms with van der Waals surface area (Å²) in [6, 6.07) is 0. The van der Waals surface area contributed by atoms with Crippen LogP contribution in [0.3, 0.4) is 0 Å². The quantitative estimate of drug-likeness (QED) is 0.750. The summed E-state index contributed by atoms with van der Waals surface area (Å²) in [4.78, 5) is 17.3. The molecule has 1 aromatic rings. The van der Waals surface area contributed by atoms with Gasteiger partial charge in [-0.25, -0.2) is 4.98 Å². The second-order valence-corrected chi connectivity index (χ2v) is 3.41. The van der Waals surface area contributed by atoms with Crippen molar-refractivity contribution in [1.82, 2.24) is 9.97 Å². The molecule has 1 heterocycles. The topological polar surface area (TPSA) is 57.8 Å². The maximum atomic E-state index is 11.1. The molecular formula is C9H12ClN3O. The first-order valence-electron chi connectivity index (χ1n) is 4.22. The molecule has 14 heavy (non-hydrogen) atoms. The summed E-state index contributed by atoms with van der Waals surface area (Å²) in [5.74, 6) is 0.414. The Labute approximate surface area is 87.0 Å². The molecule has 2 N–H and O–H groups in total. The maximum Gasteiger partial charge on any atom is 0.271 e. The van der Waals surface area contributed by atoms with E-state index in [1.54, 1.807) is 0 Å². The Kier molecular flexibility index (Phi) is 3.71. The molecule has 0 saturated heterocycles. The van der Waals surface area contributed by atoms with Crippen molar-refractivity contribution >= 4 is 17.4 Å². The van der Waals surface area contributed by atoms with Crippen LogP contribution in [0.1, 0.15) is 13.3 Å². The zero-order valence-corrected chi connectivity index (χ0v) is 8.69. The molecule has 0 saturated carbocycles. The van der Waals surface area contributed by atoms with E-state index in [1.807, 2.05) is 6.92 Å². The number of hydrogen-bond donors (Lipinski definition) is 2. The van der Waals surface area contributed by atoms with Crippen LogP contribution in [0, 0.1) is 0 Å². The number of halogens is 1. The lowest BCUT2D eigenvalue weighted by Gasteiger charge is -2.05. The van der Waals surface area contributed by atoms with Crippen LogP contribution in [-0.2, 0) is 0 Å². The Balaban J connectivity index is 2.63. The molecule has 0 aliphatic rings. The van der Waals surface area contributed by atoms with Gasteiger partial charge in [-0.15, -0.1) is 6.58 Å². The summed E-state index contributed by atoms with van der Waals surface area (Å²) in [5, 5.41) is 3.05. The molecule has 0 spiro atoms. The molecule has 0 aliphatic carbocycles. The Morgan fingerprint density at radius 3 is 3.14 bits per heavy atom. The third kappa shape index (κ3) is 2.88. The standard InChI is InChI=1S/C9H12ClN3O/c1-6(2)3-4-11-8-7(10)9(14)13-5-12-8/h5H,1,3-4H2,2H3,(H2,11,12,13,14). The number of nitrogens with zero attached hydrogens (tertiary/aromatic N) is 1. The van der Waals surface area contributed by atoms with E-state index in [4.69, 9.17) is 11.6 Å². The number of aromatic amines is 1. The molecule has 1 rings (SSSR count). The van der Waals surface area contributed by atoms with Gasteiger partial charge in [0.05, 0.1) is 6.33 Å².